The predicted molar refractivity (Wildman–Crippen MR) is 101 cm³/mol. The Labute approximate surface area is 147 Å². The summed E-state index contributed by atoms with van der Waals surface area (Å²) in [7, 11) is 1.83. The molecular formula is C15H33IN4O. The zero-order chi connectivity index (χ0) is 14.6. The second kappa shape index (κ2) is 13.6. The van der Waals surface area contributed by atoms with E-state index in [-0.39, 0.29) is 24.0 Å². The minimum absolute atomic E-state index is 0. The van der Waals surface area contributed by atoms with E-state index in [0.29, 0.717) is 0 Å². The van der Waals surface area contributed by atoms with Crippen molar-refractivity contribution in [3.8, 4) is 0 Å². The van der Waals surface area contributed by atoms with E-state index in [1.807, 2.05) is 7.05 Å². The smallest absolute Gasteiger partial charge is 0.191 e. The van der Waals surface area contributed by atoms with Crippen molar-refractivity contribution in [2.75, 3.05) is 53.0 Å². The molecule has 1 aliphatic heterocycles. The summed E-state index contributed by atoms with van der Waals surface area (Å²) in [5.74, 6) is 1.73. The topological polar surface area (TPSA) is 48.9 Å². The second-order valence-corrected chi connectivity index (χ2v) is 5.77. The van der Waals surface area contributed by atoms with Gasteiger partial charge in [-0.3, -0.25) is 9.89 Å². The van der Waals surface area contributed by atoms with Gasteiger partial charge in [0, 0.05) is 39.8 Å². The van der Waals surface area contributed by atoms with Crippen molar-refractivity contribution in [3.63, 3.8) is 0 Å². The van der Waals surface area contributed by atoms with Gasteiger partial charge in [0.15, 0.2) is 5.96 Å². The lowest BCUT2D eigenvalue weighted by atomic mass is 10.1. The third-order valence-electron chi connectivity index (χ3n) is 3.55. The molecule has 0 radical (unpaired) electrons. The zero-order valence-electron chi connectivity index (χ0n) is 13.9. The molecule has 1 fully saturated rings. The van der Waals surface area contributed by atoms with Gasteiger partial charge in [-0.25, -0.2) is 0 Å². The van der Waals surface area contributed by atoms with Crippen molar-refractivity contribution in [1.82, 2.24) is 15.5 Å². The summed E-state index contributed by atoms with van der Waals surface area (Å²) in [6, 6.07) is 0. The van der Waals surface area contributed by atoms with Gasteiger partial charge in [0.2, 0.25) is 0 Å². The van der Waals surface area contributed by atoms with Gasteiger partial charge in [-0.05, 0) is 12.3 Å². The molecule has 2 N–H and O–H groups in total. The van der Waals surface area contributed by atoms with E-state index in [1.54, 1.807) is 0 Å². The quantitative estimate of drug-likeness (QED) is 0.277. The fourth-order valence-electron chi connectivity index (χ4n) is 2.26. The Morgan fingerprint density at radius 2 is 1.81 bits per heavy atom. The van der Waals surface area contributed by atoms with Crippen LogP contribution in [0.25, 0.3) is 0 Å². The van der Waals surface area contributed by atoms with Crippen LogP contribution in [0, 0.1) is 5.92 Å². The van der Waals surface area contributed by atoms with Crippen molar-refractivity contribution in [3.05, 3.63) is 0 Å². The van der Waals surface area contributed by atoms with E-state index in [1.165, 1.54) is 19.3 Å². The molecule has 6 heteroatoms. The van der Waals surface area contributed by atoms with Gasteiger partial charge in [-0.15, -0.1) is 24.0 Å². The van der Waals surface area contributed by atoms with E-state index in [4.69, 9.17) is 4.74 Å². The summed E-state index contributed by atoms with van der Waals surface area (Å²) in [4.78, 5) is 6.68. The van der Waals surface area contributed by atoms with Crippen LogP contribution in [0.1, 0.15) is 33.1 Å². The van der Waals surface area contributed by atoms with Crippen LogP contribution in [-0.2, 0) is 4.74 Å². The highest BCUT2D eigenvalue weighted by Crippen LogP contribution is 2.04. The molecule has 0 aromatic rings. The standard InChI is InChI=1S/C15H32N4O.HI/c1-14(2)6-4-5-7-17-15(16-3)18-8-9-19-10-12-20-13-11-19;/h14H,4-13H2,1-3H3,(H2,16,17,18);1H. The fraction of sp³-hybridized carbons (Fsp3) is 0.933. The Morgan fingerprint density at radius 3 is 2.43 bits per heavy atom. The van der Waals surface area contributed by atoms with E-state index in [2.05, 4.69) is 34.4 Å². The van der Waals surface area contributed by atoms with Gasteiger partial charge in [0.05, 0.1) is 13.2 Å². The molecule has 1 heterocycles. The Balaban J connectivity index is 0.00000400. The first-order valence-electron chi connectivity index (χ1n) is 7.97. The molecule has 1 saturated heterocycles. The van der Waals surface area contributed by atoms with Gasteiger partial charge in [-0.1, -0.05) is 26.7 Å². The highest BCUT2D eigenvalue weighted by Gasteiger charge is 2.09. The lowest BCUT2D eigenvalue weighted by Crippen LogP contribution is -2.44. The molecule has 0 atom stereocenters. The van der Waals surface area contributed by atoms with Crippen LogP contribution >= 0.6 is 24.0 Å². The molecule has 1 rings (SSSR count). The lowest BCUT2D eigenvalue weighted by Gasteiger charge is -2.26. The number of unbranched alkanes of at least 4 members (excludes halogenated alkanes) is 1. The Bertz CT molecular complexity index is 268. The molecule has 0 aromatic carbocycles. The lowest BCUT2D eigenvalue weighted by molar-refractivity contribution is 0.0389. The Hall–Kier alpha value is -0.0800. The molecule has 0 unspecified atom stereocenters. The first-order valence-corrected chi connectivity index (χ1v) is 7.97. The maximum Gasteiger partial charge on any atom is 0.191 e. The maximum absolute atomic E-state index is 5.34. The van der Waals surface area contributed by atoms with E-state index < -0.39 is 0 Å². The highest BCUT2D eigenvalue weighted by atomic mass is 127. The van der Waals surface area contributed by atoms with Crippen LogP contribution in [0.4, 0.5) is 0 Å². The van der Waals surface area contributed by atoms with Crippen molar-refractivity contribution >= 4 is 29.9 Å². The minimum atomic E-state index is 0. The van der Waals surface area contributed by atoms with Gasteiger partial charge in [-0.2, -0.15) is 0 Å². The molecule has 0 spiro atoms. The second-order valence-electron chi connectivity index (χ2n) is 5.77. The summed E-state index contributed by atoms with van der Waals surface area (Å²) >= 11 is 0. The van der Waals surface area contributed by atoms with Crippen LogP contribution in [0.5, 0.6) is 0 Å². The molecule has 1 aliphatic rings. The third kappa shape index (κ3) is 11.2. The van der Waals surface area contributed by atoms with Crippen molar-refractivity contribution in [1.29, 1.82) is 0 Å². The number of nitrogens with zero attached hydrogens (tertiary/aromatic N) is 2. The molecule has 0 aliphatic carbocycles. The van der Waals surface area contributed by atoms with Gasteiger partial charge in [0.1, 0.15) is 0 Å². The molecule has 5 nitrogen and oxygen atoms in total. The number of halogens is 1. The highest BCUT2D eigenvalue weighted by molar-refractivity contribution is 14.0. The number of guanidine groups is 1. The molecule has 0 amide bonds. The Kier molecular flexibility index (Phi) is 13.5. The Morgan fingerprint density at radius 1 is 1.14 bits per heavy atom. The molecule has 0 saturated carbocycles. The van der Waals surface area contributed by atoms with Crippen LogP contribution in [0.2, 0.25) is 0 Å². The van der Waals surface area contributed by atoms with Gasteiger partial charge in [0.25, 0.3) is 0 Å². The van der Waals surface area contributed by atoms with Crippen molar-refractivity contribution < 1.29 is 4.74 Å². The maximum atomic E-state index is 5.34. The normalized spacial score (nSPS) is 16.7. The number of aliphatic imine (C=N–C) groups is 1. The summed E-state index contributed by atoms with van der Waals surface area (Å²) in [5.41, 5.74) is 0. The SMILES string of the molecule is CN=C(NCCCCC(C)C)NCCN1CCOCC1.I. The van der Waals surface area contributed by atoms with Crippen molar-refractivity contribution in [2.45, 2.75) is 33.1 Å². The summed E-state index contributed by atoms with van der Waals surface area (Å²) in [6.07, 6.45) is 3.81. The third-order valence-corrected chi connectivity index (χ3v) is 3.55. The van der Waals surface area contributed by atoms with Crippen LogP contribution in [0.3, 0.4) is 0 Å². The van der Waals surface area contributed by atoms with E-state index >= 15 is 0 Å². The largest absolute Gasteiger partial charge is 0.379 e. The number of nitrogens with one attached hydrogen (secondary N) is 2. The number of morpholine rings is 1. The first kappa shape index (κ1) is 20.9. The molecule has 0 bridgehead atoms. The predicted octanol–water partition coefficient (Wildman–Crippen LogP) is 1.93. The molecular weight excluding hydrogens is 379 g/mol. The van der Waals surface area contributed by atoms with Gasteiger partial charge < -0.3 is 15.4 Å². The average Bonchev–Trinajstić information content (AvgIpc) is 2.46. The summed E-state index contributed by atoms with van der Waals surface area (Å²) in [6.45, 7) is 11.4. The van der Waals surface area contributed by atoms with Gasteiger partial charge >= 0.3 is 0 Å². The molecule has 0 aromatic heterocycles. The average molecular weight is 412 g/mol. The minimum Gasteiger partial charge on any atom is -0.379 e. The van der Waals surface area contributed by atoms with E-state index in [0.717, 1.165) is 57.8 Å². The first-order chi connectivity index (χ1) is 9.72. The monoisotopic (exact) mass is 412 g/mol. The molecule has 126 valence electrons. The van der Waals surface area contributed by atoms with Crippen LogP contribution < -0.4 is 10.6 Å². The van der Waals surface area contributed by atoms with Crippen LogP contribution in [-0.4, -0.2) is 63.8 Å². The van der Waals surface area contributed by atoms with Crippen LogP contribution in [0.15, 0.2) is 4.99 Å². The number of rotatable bonds is 8. The number of hydrogen-bond acceptors (Lipinski definition) is 3. The number of hydrogen-bond donors (Lipinski definition) is 2. The van der Waals surface area contributed by atoms with E-state index in [9.17, 15) is 0 Å². The summed E-state index contributed by atoms with van der Waals surface area (Å²) < 4.78 is 5.34. The zero-order valence-corrected chi connectivity index (χ0v) is 16.2. The fourth-order valence-corrected chi connectivity index (χ4v) is 2.26. The molecule has 21 heavy (non-hydrogen) atoms. The summed E-state index contributed by atoms with van der Waals surface area (Å²) in [5, 5.41) is 6.75. The number of ether oxygens (including phenoxy) is 1. The van der Waals surface area contributed by atoms with Crippen molar-refractivity contribution in [2.24, 2.45) is 10.9 Å².